The van der Waals surface area contributed by atoms with Gasteiger partial charge in [0.05, 0.1) is 6.10 Å². The van der Waals surface area contributed by atoms with Crippen molar-refractivity contribution in [2.75, 3.05) is 13.1 Å². The van der Waals surface area contributed by atoms with Crippen LogP contribution in [0.1, 0.15) is 19.3 Å². The highest BCUT2D eigenvalue weighted by molar-refractivity contribution is 5.85. The lowest BCUT2D eigenvalue weighted by molar-refractivity contribution is 0.0867. The van der Waals surface area contributed by atoms with Crippen molar-refractivity contribution in [2.24, 2.45) is 11.8 Å². The lowest BCUT2D eigenvalue weighted by Crippen LogP contribution is -2.26. The molecule has 0 aromatic heterocycles. The van der Waals surface area contributed by atoms with Crippen LogP contribution in [0, 0.1) is 11.8 Å². The minimum atomic E-state index is 0. The molecule has 1 saturated heterocycles. The number of fused-ring (bicyclic) bond motifs is 1. The number of rotatable bonds is 0. The summed E-state index contributed by atoms with van der Waals surface area (Å²) in [7, 11) is 0. The fraction of sp³-hybridized carbons (Fsp3) is 1.00. The summed E-state index contributed by atoms with van der Waals surface area (Å²) in [5.74, 6) is 1.66. The van der Waals surface area contributed by atoms with Crippen LogP contribution in [0.25, 0.3) is 0 Å². The van der Waals surface area contributed by atoms with E-state index in [0.717, 1.165) is 31.2 Å². The first-order valence-electron chi connectivity index (χ1n) is 4.25. The Morgan fingerprint density at radius 2 is 1.82 bits per heavy atom. The Kier molecular flexibility index (Phi) is 3.16. The number of aliphatic hydroxyl groups is 1. The van der Waals surface area contributed by atoms with E-state index in [2.05, 4.69) is 5.32 Å². The summed E-state index contributed by atoms with van der Waals surface area (Å²) in [5, 5.41) is 12.7. The zero-order valence-electron chi connectivity index (χ0n) is 6.62. The van der Waals surface area contributed by atoms with E-state index >= 15 is 0 Å². The zero-order chi connectivity index (χ0) is 6.97. The van der Waals surface area contributed by atoms with E-state index in [-0.39, 0.29) is 18.5 Å². The van der Waals surface area contributed by atoms with Crippen LogP contribution >= 0.6 is 12.4 Å². The third-order valence-electron chi connectivity index (χ3n) is 2.93. The van der Waals surface area contributed by atoms with Crippen molar-refractivity contribution in [2.45, 2.75) is 25.4 Å². The highest BCUT2D eigenvalue weighted by Crippen LogP contribution is 2.32. The van der Waals surface area contributed by atoms with Gasteiger partial charge in [0.2, 0.25) is 0 Å². The maximum absolute atomic E-state index is 9.33. The minimum Gasteiger partial charge on any atom is -0.393 e. The van der Waals surface area contributed by atoms with Gasteiger partial charge in [0.15, 0.2) is 0 Å². The summed E-state index contributed by atoms with van der Waals surface area (Å²) in [5.41, 5.74) is 0. The van der Waals surface area contributed by atoms with Gasteiger partial charge in [-0.05, 0) is 44.2 Å². The van der Waals surface area contributed by atoms with Crippen LogP contribution in [0.4, 0.5) is 0 Å². The van der Waals surface area contributed by atoms with Gasteiger partial charge in [0, 0.05) is 0 Å². The van der Waals surface area contributed by atoms with Gasteiger partial charge in [0.1, 0.15) is 0 Å². The third kappa shape index (κ3) is 1.86. The van der Waals surface area contributed by atoms with Gasteiger partial charge in [0.25, 0.3) is 0 Å². The second-order valence-corrected chi connectivity index (χ2v) is 3.65. The Morgan fingerprint density at radius 1 is 1.09 bits per heavy atom. The zero-order valence-corrected chi connectivity index (χ0v) is 7.44. The molecule has 0 aromatic rings. The fourth-order valence-electron chi connectivity index (χ4n) is 2.27. The summed E-state index contributed by atoms with van der Waals surface area (Å²) >= 11 is 0. The second-order valence-electron chi connectivity index (χ2n) is 3.65. The molecule has 3 heteroatoms. The molecule has 2 nitrogen and oxygen atoms in total. The monoisotopic (exact) mass is 177 g/mol. The number of nitrogens with one attached hydrogen (secondary N) is 1. The number of aliphatic hydroxyl groups excluding tert-OH is 1. The van der Waals surface area contributed by atoms with E-state index < -0.39 is 0 Å². The summed E-state index contributed by atoms with van der Waals surface area (Å²) < 4.78 is 0. The molecule has 3 atom stereocenters. The molecule has 2 N–H and O–H groups in total. The Hall–Kier alpha value is 0.210. The predicted molar refractivity (Wildman–Crippen MR) is 47.0 cm³/mol. The largest absolute Gasteiger partial charge is 0.393 e. The topological polar surface area (TPSA) is 32.3 Å². The molecule has 1 saturated carbocycles. The van der Waals surface area contributed by atoms with Crippen LogP contribution in [0.3, 0.4) is 0 Å². The predicted octanol–water partition coefficient (Wildman–Crippen LogP) is 0.789. The standard InChI is InChI=1S/C8H15NO.ClH/c10-8-2-1-6-4-9-5-7(6)3-8;/h6-10H,1-5H2;1H/t6-,7+,8+;/m1./s1. The molecule has 0 amide bonds. The molecule has 1 aliphatic heterocycles. The Labute approximate surface area is 73.8 Å². The molecule has 2 fully saturated rings. The van der Waals surface area contributed by atoms with Crippen LogP contribution in [0.2, 0.25) is 0 Å². The molecule has 1 heterocycles. The van der Waals surface area contributed by atoms with Crippen molar-refractivity contribution in [3.63, 3.8) is 0 Å². The average molecular weight is 178 g/mol. The van der Waals surface area contributed by atoms with Crippen molar-refractivity contribution >= 4 is 12.4 Å². The maximum atomic E-state index is 9.33. The van der Waals surface area contributed by atoms with Crippen LogP contribution in [0.15, 0.2) is 0 Å². The molecular weight excluding hydrogens is 162 g/mol. The molecule has 2 rings (SSSR count). The van der Waals surface area contributed by atoms with E-state index in [1.54, 1.807) is 0 Å². The highest BCUT2D eigenvalue weighted by Gasteiger charge is 2.32. The van der Waals surface area contributed by atoms with E-state index in [1.165, 1.54) is 13.0 Å². The van der Waals surface area contributed by atoms with E-state index in [9.17, 15) is 5.11 Å². The highest BCUT2D eigenvalue weighted by atomic mass is 35.5. The molecule has 2 aliphatic rings. The molecule has 0 radical (unpaired) electrons. The first-order chi connectivity index (χ1) is 4.86. The lowest BCUT2D eigenvalue weighted by Gasteiger charge is -2.27. The molecule has 11 heavy (non-hydrogen) atoms. The van der Waals surface area contributed by atoms with Gasteiger partial charge in [-0.3, -0.25) is 0 Å². The third-order valence-corrected chi connectivity index (χ3v) is 2.93. The number of hydrogen-bond acceptors (Lipinski definition) is 2. The van der Waals surface area contributed by atoms with Gasteiger partial charge in [-0.15, -0.1) is 12.4 Å². The van der Waals surface area contributed by atoms with Crippen LogP contribution in [0.5, 0.6) is 0 Å². The van der Waals surface area contributed by atoms with Gasteiger partial charge >= 0.3 is 0 Å². The quantitative estimate of drug-likeness (QED) is 0.574. The van der Waals surface area contributed by atoms with E-state index in [0.29, 0.717) is 0 Å². The minimum absolute atomic E-state index is 0. The molecular formula is C8H16ClNO. The SMILES string of the molecule is Cl.O[C@H]1CC[C@@H]2CNC[C@@H]2C1. The van der Waals surface area contributed by atoms with Crippen molar-refractivity contribution < 1.29 is 5.11 Å². The van der Waals surface area contributed by atoms with Gasteiger partial charge < -0.3 is 10.4 Å². The Morgan fingerprint density at radius 3 is 2.64 bits per heavy atom. The van der Waals surface area contributed by atoms with Crippen molar-refractivity contribution in [3.05, 3.63) is 0 Å². The van der Waals surface area contributed by atoms with Crippen LogP contribution in [-0.4, -0.2) is 24.3 Å². The van der Waals surface area contributed by atoms with Crippen molar-refractivity contribution in [1.29, 1.82) is 0 Å². The molecule has 1 aliphatic carbocycles. The molecule has 0 bridgehead atoms. The first-order valence-corrected chi connectivity index (χ1v) is 4.25. The van der Waals surface area contributed by atoms with Gasteiger partial charge in [-0.2, -0.15) is 0 Å². The number of hydrogen-bond donors (Lipinski definition) is 2. The Bertz CT molecular complexity index is 131. The first kappa shape index (κ1) is 9.30. The summed E-state index contributed by atoms with van der Waals surface area (Å²) in [6.45, 7) is 2.33. The average Bonchev–Trinajstić information content (AvgIpc) is 2.33. The van der Waals surface area contributed by atoms with E-state index in [4.69, 9.17) is 0 Å². The Balaban J connectivity index is 0.000000605. The molecule has 0 spiro atoms. The maximum Gasteiger partial charge on any atom is 0.0543 e. The van der Waals surface area contributed by atoms with Crippen molar-refractivity contribution in [3.8, 4) is 0 Å². The molecule has 0 unspecified atom stereocenters. The molecule has 0 aromatic carbocycles. The van der Waals surface area contributed by atoms with Crippen LogP contribution in [-0.2, 0) is 0 Å². The fourth-order valence-corrected chi connectivity index (χ4v) is 2.27. The van der Waals surface area contributed by atoms with Gasteiger partial charge in [-0.1, -0.05) is 0 Å². The van der Waals surface area contributed by atoms with E-state index in [1.807, 2.05) is 0 Å². The smallest absolute Gasteiger partial charge is 0.0543 e. The normalized spacial score (nSPS) is 42.8. The van der Waals surface area contributed by atoms with Crippen molar-refractivity contribution in [1.82, 2.24) is 5.32 Å². The van der Waals surface area contributed by atoms with Crippen LogP contribution < -0.4 is 5.32 Å². The summed E-state index contributed by atoms with van der Waals surface area (Å²) in [6, 6.07) is 0. The molecule has 66 valence electrons. The summed E-state index contributed by atoms with van der Waals surface area (Å²) in [6.07, 6.45) is 3.31. The number of halogens is 1. The lowest BCUT2D eigenvalue weighted by atomic mass is 9.80. The van der Waals surface area contributed by atoms with Gasteiger partial charge in [-0.25, -0.2) is 0 Å². The second kappa shape index (κ2) is 3.74. The summed E-state index contributed by atoms with van der Waals surface area (Å²) in [4.78, 5) is 0.